The van der Waals surface area contributed by atoms with Gasteiger partial charge in [0, 0.05) is 6.07 Å². The van der Waals surface area contributed by atoms with Gasteiger partial charge in [-0.3, -0.25) is 4.79 Å². The van der Waals surface area contributed by atoms with Crippen molar-refractivity contribution in [2.75, 3.05) is 26.2 Å². The standard InChI is InChI=1S/C13H19NO6S2/c1-19-9-4-5-11(20-2)12(8-9)22(17,18)14-10(13(15)16)6-7-21-3/h4-5,8,10,14H,6-7H2,1-3H3,(H,15,16)/t10-/m1/s1. The summed E-state index contributed by atoms with van der Waals surface area (Å²) >= 11 is 1.44. The van der Waals surface area contributed by atoms with Crippen LogP contribution in [0.1, 0.15) is 6.42 Å². The summed E-state index contributed by atoms with van der Waals surface area (Å²) in [6.07, 6.45) is 2.00. The van der Waals surface area contributed by atoms with Crippen molar-refractivity contribution < 1.29 is 27.8 Å². The summed E-state index contributed by atoms with van der Waals surface area (Å²) in [7, 11) is -1.31. The molecule has 1 atom stereocenters. The minimum Gasteiger partial charge on any atom is -0.497 e. The van der Waals surface area contributed by atoms with Gasteiger partial charge < -0.3 is 14.6 Å². The number of nitrogens with one attached hydrogen (secondary N) is 1. The van der Waals surface area contributed by atoms with Crippen LogP contribution in [0.5, 0.6) is 11.5 Å². The monoisotopic (exact) mass is 349 g/mol. The zero-order chi connectivity index (χ0) is 16.8. The van der Waals surface area contributed by atoms with E-state index < -0.39 is 22.0 Å². The third-order valence-electron chi connectivity index (χ3n) is 2.87. The fraction of sp³-hybridized carbons (Fsp3) is 0.462. The van der Waals surface area contributed by atoms with Crippen LogP contribution in [0.3, 0.4) is 0 Å². The second-order valence-electron chi connectivity index (χ2n) is 4.31. The summed E-state index contributed by atoms with van der Waals surface area (Å²) in [5.74, 6) is -0.256. The number of rotatable bonds is 9. The molecule has 0 radical (unpaired) electrons. The van der Waals surface area contributed by atoms with Crippen LogP contribution in [0.4, 0.5) is 0 Å². The topological polar surface area (TPSA) is 102 Å². The van der Waals surface area contributed by atoms with E-state index in [9.17, 15) is 13.2 Å². The molecule has 0 unspecified atom stereocenters. The number of benzene rings is 1. The Morgan fingerprint density at radius 1 is 1.36 bits per heavy atom. The maximum atomic E-state index is 12.4. The highest BCUT2D eigenvalue weighted by Gasteiger charge is 2.27. The van der Waals surface area contributed by atoms with Crippen molar-refractivity contribution in [2.24, 2.45) is 0 Å². The van der Waals surface area contributed by atoms with E-state index in [1.807, 2.05) is 6.26 Å². The van der Waals surface area contributed by atoms with Gasteiger partial charge in [-0.2, -0.15) is 16.5 Å². The Labute approximate surface area is 134 Å². The molecule has 0 aliphatic rings. The van der Waals surface area contributed by atoms with E-state index in [0.717, 1.165) is 0 Å². The molecule has 0 bridgehead atoms. The van der Waals surface area contributed by atoms with Gasteiger partial charge in [-0.1, -0.05) is 0 Å². The lowest BCUT2D eigenvalue weighted by Gasteiger charge is -2.16. The average Bonchev–Trinajstić information content (AvgIpc) is 2.50. The van der Waals surface area contributed by atoms with Gasteiger partial charge in [-0.15, -0.1) is 0 Å². The summed E-state index contributed by atoms with van der Waals surface area (Å²) in [5.41, 5.74) is 0. The van der Waals surface area contributed by atoms with Gasteiger partial charge in [-0.25, -0.2) is 8.42 Å². The van der Waals surface area contributed by atoms with Gasteiger partial charge >= 0.3 is 5.97 Å². The highest BCUT2D eigenvalue weighted by atomic mass is 32.2. The van der Waals surface area contributed by atoms with Crippen LogP contribution < -0.4 is 14.2 Å². The lowest BCUT2D eigenvalue weighted by Crippen LogP contribution is -2.41. The lowest BCUT2D eigenvalue weighted by molar-refractivity contribution is -0.139. The van der Waals surface area contributed by atoms with Gasteiger partial charge in [0.1, 0.15) is 22.4 Å². The van der Waals surface area contributed by atoms with E-state index in [-0.39, 0.29) is 17.1 Å². The Bertz CT molecular complexity index is 617. The van der Waals surface area contributed by atoms with Gasteiger partial charge in [-0.05, 0) is 30.6 Å². The molecule has 0 fully saturated rings. The van der Waals surface area contributed by atoms with Crippen LogP contribution in [0, 0.1) is 0 Å². The summed E-state index contributed by atoms with van der Waals surface area (Å²) in [6.45, 7) is 0. The van der Waals surface area contributed by atoms with Crippen LogP contribution in [0.15, 0.2) is 23.1 Å². The highest BCUT2D eigenvalue weighted by molar-refractivity contribution is 7.98. The van der Waals surface area contributed by atoms with Crippen molar-refractivity contribution >= 4 is 27.8 Å². The molecule has 0 aromatic heterocycles. The van der Waals surface area contributed by atoms with Gasteiger partial charge in [0.05, 0.1) is 14.2 Å². The molecule has 1 rings (SSSR count). The van der Waals surface area contributed by atoms with Crippen molar-refractivity contribution in [2.45, 2.75) is 17.4 Å². The Morgan fingerprint density at radius 2 is 2.05 bits per heavy atom. The van der Waals surface area contributed by atoms with E-state index >= 15 is 0 Å². The number of sulfonamides is 1. The molecule has 9 heteroatoms. The zero-order valence-electron chi connectivity index (χ0n) is 12.5. The molecule has 1 aromatic rings. The smallest absolute Gasteiger partial charge is 0.321 e. The fourth-order valence-corrected chi connectivity index (χ4v) is 3.59. The molecule has 7 nitrogen and oxygen atoms in total. The first-order valence-corrected chi connectivity index (χ1v) is 9.19. The number of ether oxygens (including phenoxy) is 2. The molecule has 0 saturated carbocycles. The Kier molecular flexibility index (Phi) is 6.98. The third kappa shape index (κ3) is 4.79. The molecule has 0 heterocycles. The lowest BCUT2D eigenvalue weighted by atomic mass is 10.2. The first kappa shape index (κ1) is 18.6. The normalized spacial score (nSPS) is 12.7. The fourth-order valence-electron chi connectivity index (χ4n) is 1.71. The Balaban J connectivity index is 3.14. The first-order chi connectivity index (χ1) is 10.4. The molecular formula is C13H19NO6S2. The Hall–Kier alpha value is -1.45. The number of carboxylic acids is 1. The highest BCUT2D eigenvalue weighted by Crippen LogP contribution is 2.28. The van der Waals surface area contributed by atoms with Crippen LogP contribution in [0.2, 0.25) is 0 Å². The number of methoxy groups -OCH3 is 2. The van der Waals surface area contributed by atoms with Crippen molar-refractivity contribution in [1.82, 2.24) is 4.72 Å². The van der Waals surface area contributed by atoms with Crippen LogP contribution in [-0.4, -0.2) is 51.8 Å². The van der Waals surface area contributed by atoms with E-state index in [0.29, 0.717) is 11.5 Å². The molecule has 22 heavy (non-hydrogen) atoms. The van der Waals surface area contributed by atoms with Gasteiger partial charge in [0.2, 0.25) is 10.0 Å². The van der Waals surface area contributed by atoms with Crippen LogP contribution in [0.25, 0.3) is 0 Å². The predicted molar refractivity (Wildman–Crippen MR) is 84.3 cm³/mol. The van der Waals surface area contributed by atoms with Crippen molar-refractivity contribution in [3.63, 3.8) is 0 Å². The number of carboxylic acid groups (broad SMARTS) is 1. The number of hydrogen-bond acceptors (Lipinski definition) is 6. The molecule has 2 N–H and O–H groups in total. The van der Waals surface area contributed by atoms with E-state index in [2.05, 4.69) is 4.72 Å². The molecule has 0 aliphatic carbocycles. The van der Waals surface area contributed by atoms with Crippen LogP contribution in [-0.2, 0) is 14.8 Å². The zero-order valence-corrected chi connectivity index (χ0v) is 14.2. The average molecular weight is 349 g/mol. The molecule has 0 saturated heterocycles. The number of aliphatic carboxylic acids is 1. The minimum absolute atomic E-state index is 0.113. The molecule has 0 amide bonds. The summed E-state index contributed by atoms with van der Waals surface area (Å²) in [4.78, 5) is 11.0. The predicted octanol–water partition coefficient (Wildman–Crippen LogP) is 1.19. The third-order valence-corrected chi connectivity index (χ3v) is 5.00. The molecule has 0 aliphatic heterocycles. The van der Waals surface area contributed by atoms with Crippen molar-refractivity contribution in [1.29, 1.82) is 0 Å². The number of hydrogen-bond donors (Lipinski definition) is 2. The van der Waals surface area contributed by atoms with Crippen molar-refractivity contribution in [3.05, 3.63) is 18.2 Å². The van der Waals surface area contributed by atoms with Gasteiger partial charge in [0.15, 0.2) is 0 Å². The molecule has 124 valence electrons. The maximum Gasteiger partial charge on any atom is 0.321 e. The van der Waals surface area contributed by atoms with Crippen LogP contribution >= 0.6 is 11.8 Å². The summed E-state index contributed by atoms with van der Waals surface area (Å²) in [6, 6.07) is 3.09. The van der Waals surface area contributed by atoms with Crippen molar-refractivity contribution in [3.8, 4) is 11.5 Å². The largest absolute Gasteiger partial charge is 0.497 e. The SMILES string of the molecule is COc1ccc(OC)c(S(=O)(=O)N[C@H](CCSC)C(=O)O)c1. The number of thioether (sulfide) groups is 1. The summed E-state index contributed by atoms with van der Waals surface area (Å²) < 4.78 is 37.1. The van der Waals surface area contributed by atoms with E-state index in [4.69, 9.17) is 14.6 Å². The summed E-state index contributed by atoms with van der Waals surface area (Å²) in [5, 5.41) is 9.15. The molecular weight excluding hydrogens is 330 g/mol. The second kappa shape index (κ2) is 8.25. The first-order valence-electron chi connectivity index (χ1n) is 6.31. The molecule has 0 spiro atoms. The quantitative estimate of drug-likeness (QED) is 0.690. The maximum absolute atomic E-state index is 12.4. The number of carbonyl (C=O) groups is 1. The van der Waals surface area contributed by atoms with E-state index in [1.165, 1.54) is 38.1 Å². The molecule has 1 aromatic carbocycles. The minimum atomic E-state index is -4.06. The van der Waals surface area contributed by atoms with E-state index in [1.54, 1.807) is 6.07 Å². The Morgan fingerprint density at radius 3 is 2.55 bits per heavy atom. The van der Waals surface area contributed by atoms with Gasteiger partial charge in [0.25, 0.3) is 0 Å². The second-order valence-corrected chi connectivity index (χ2v) is 6.98.